The summed E-state index contributed by atoms with van der Waals surface area (Å²) in [6.07, 6.45) is 0. The van der Waals surface area contributed by atoms with Gasteiger partial charge in [-0.15, -0.1) is 0 Å². The molecule has 0 aliphatic heterocycles. The van der Waals surface area contributed by atoms with Crippen molar-refractivity contribution in [1.82, 2.24) is 5.32 Å². The van der Waals surface area contributed by atoms with Crippen LogP contribution in [0.1, 0.15) is 17.2 Å². The van der Waals surface area contributed by atoms with Gasteiger partial charge in [0.1, 0.15) is 5.82 Å². The van der Waals surface area contributed by atoms with Crippen molar-refractivity contribution in [3.8, 4) is 0 Å². The molecular formula is C14H13ClFN. The summed E-state index contributed by atoms with van der Waals surface area (Å²) in [5.41, 5.74) is 1.98. The Labute approximate surface area is 105 Å². The molecule has 2 rings (SSSR count). The predicted octanol–water partition coefficient (Wildman–Crippen LogP) is 3.79. The van der Waals surface area contributed by atoms with Crippen molar-refractivity contribution in [1.29, 1.82) is 0 Å². The van der Waals surface area contributed by atoms with Crippen LogP contribution in [-0.2, 0) is 0 Å². The molecule has 17 heavy (non-hydrogen) atoms. The quantitative estimate of drug-likeness (QED) is 0.873. The second-order valence-electron chi connectivity index (χ2n) is 3.80. The first kappa shape index (κ1) is 12.1. The lowest BCUT2D eigenvalue weighted by molar-refractivity contribution is 0.623. The first-order valence-electron chi connectivity index (χ1n) is 5.39. The lowest BCUT2D eigenvalue weighted by Gasteiger charge is -2.18. The van der Waals surface area contributed by atoms with E-state index >= 15 is 0 Å². The largest absolute Gasteiger partial charge is 0.309 e. The molecule has 3 heteroatoms. The van der Waals surface area contributed by atoms with Crippen LogP contribution in [0.3, 0.4) is 0 Å². The van der Waals surface area contributed by atoms with Gasteiger partial charge in [0, 0.05) is 5.02 Å². The zero-order valence-corrected chi connectivity index (χ0v) is 10.2. The highest BCUT2D eigenvalue weighted by Gasteiger charge is 2.14. The zero-order valence-electron chi connectivity index (χ0n) is 9.45. The number of hydrogen-bond acceptors (Lipinski definition) is 1. The van der Waals surface area contributed by atoms with Crippen LogP contribution < -0.4 is 5.32 Å². The molecule has 0 bridgehead atoms. The average Bonchev–Trinajstić information content (AvgIpc) is 2.34. The van der Waals surface area contributed by atoms with Crippen LogP contribution in [0.4, 0.5) is 4.39 Å². The lowest BCUT2D eigenvalue weighted by atomic mass is 9.99. The Morgan fingerprint density at radius 3 is 2.41 bits per heavy atom. The molecule has 1 N–H and O–H groups in total. The number of benzene rings is 2. The third-order valence-corrected chi connectivity index (χ3v) is 3.02. The van der Waals surface area contributed by atoms with Gasteiger partial charge in [0.05, 0.1) is 6.04 Å². The van der Waals surface area contributed by atoms with Crippen molar-refractivity contribution in [3.63, 3.8) is 0 Å². The SMILES string of the molecule is CN[C@H](c1ccccc1)c1ccc(F)cc1Cl. The van der Waals surface area contributed by atoms with Crippen LogP contribution in [0.25, 0.3) is 0 Å². The standard InChI is InChI=1S/C14H13ClFN/c1-17-14(10-5-3-2-4-6-10)12-8-7-11(16)9-13(12)15/h2-9,14,17H,1H3/t14-/m1/s1. The van der Waals surface area contributed by atoms with Crippen LogP contribution in [0.15, 0.2) is 48.5 Å². The molecule has 0 aromatic heterocycles. The van der Waals surface area contributed by atoms with Gasteiger partial charge >= 0.3 is 0 Å². The van der Waals surface area contributed by atoms with Crippen LogP contribution in [0.5, 0.6) is 0 Å². The van der Waals surface area contributed by atoms with Gasteiger partial charge in [0.15, 0.2) is 0 Å². The molecular weight excluding hydrogens is 237 g/mol. The van der Waals surface area contributed by atoms with Crippen molar-refractivity contribution in [2.45, 2.75) is 6.04 Å². The van der Waals surface area contributed by atoms with E-state index in [-0.39, 0.29) is 11.9 Å². The van der Waals surface area contributed by atoms with Crippen LogP contribution >= 0.6 is 11.6 Å². The fourth-order valence-electron chi connectivity index (χ4n) is 1.88. The lowest BCUT2D eigenvalue weighted by Crippen LogP contribution is -2.18. The van der Waals surface area contributed by atoms with Crippen LogP contribution in [-0.4, -0.2) is 7.05 Å². The Balaban J connectivity index is 2.42. The molecule has 1 nitrogen and oxygen atoms in total. The van der Waals surface area contributed by atoms with Crippen molar-refractivity contribution >= 4 is 11.6 Å². The number of rotatable bonds is 3. The normalized spacial score (nSPS) is 12.4. The second kappa shape index (κ2) is 5.30. The highest BCUT2D eigenvalue weighted by Crippen LogP contribution is 2.28. The minimum Gasteiger partial charge on any atom is -0.309 e. The molecule has 0 fully saturated rings. The molecule has 0 heterocycles. The van der Waals surface area contributed by atoms with Gasteiger partial charge in [-0.25, -0.2) is 4.39 Å². The summed E-state index contributed by atoms with van der Waals surface area (Å²) in [6.45, 7) is 0. The molecule has 0 saturated carbocycles. The smallest absolute Gasteiger partial charge is 0.124 e. The van der Waals surface area contributed by atoms with Gasteiger partial charge in [-0.3, -0.25) is 0 Å². The molecule has 0 aliphatic carbocycles. The molecule has 1 atom stereocenters. The fourth-order valence-corrected chi connectivity index (χ4v) is 2.16. The maximum Gasteiger partial charge on any atom is 0.124 e. The minimum atomic E-state index is -0.318. The van der Waals surface area contributed by atoms with E-state index in [0.29, 0.717) is 5.02 Å². The molecule has 2 aromatic carbocycles. The Morgan fingerprint density at radius 1 is 1.12 bits per heavy atom. The number of nitrogens with one attached hydrogen (secondary N) is 1. The summed E-state index contributed by atoms with van der Waals surface area (Å²) in [5, 5.41) is 3.63. The van der Waals surface area contributed by atoms with E-state index in [1.54, 1.807) is 6.07 Å². The van der Waals surface area contributed by atoms with Crippen LogP contribution in [0.2, 0.25) is 5.02 Å². The summed E-state index contributed by atoms with van der Waals surface area (Å²) < 4.78 is 13.0. The van der Waals surface area contributed by atoms with Crippen molar-refractivity contribution in [3.05, 3.63) is 70.5 Å². The maximum atomic E-state index is 13.0. The Hall–Kier alpha value is -1.38. The average molecular weight is 250 g/mol. The van der Waals surface area contributed by atoms with E-state index < -0.39 is 0 Å². The third kappa shape index (κ3) is 2.65. The first-order chi connectivity index (χ1) is 8.22. The van der Waals surface area contributed by atoms with Gasteiger partial charge < -0.3 is 5.32 Å². The predicted molar refractivity (Wildman–Crippen MR) is 68.8 cm³/mol. The van der Waals surface area contributed by atoms with Gasteiger partial charge in [-0.05, 0) is 30.3 Å². The van der Waals surface area contributed by atoms with Crippen LogP contribution in [0, 0.1) is 5.82 Å². The van der Waals surface area contributed by atoms with E-state index in [0.717, 1.165) is 11.1 Å². The molecule has 0 unspecified atom stereocenters. The first-order valence-corrected chi connectivity index (χ1v) is 5.77. The highest BCUT2D eigenvalue weighted by molar-refractivity contribution is 6.31. The monoisotopic (exact) mass is 249 g/mol. The van der Waals surface area contributed by atoms with Crippen molar-refractivity contribution in [2.24, 2.45) is 0 Å². The van der Waals surface area contributed by atoms with Gasteiger partial charge in [0.25, 0.3) is 0 Å². The van der Waals surface area contributed by atoms with E-state index in [4.69, 9.17) is 11.6 Å². The summed E-state index contributed by atoms with van der Waals surface area (Å²) >= 11 is 6.07. The molecule has 2 aromatic rings. The highest BCUT2D eigenvalue weighted by atomic mass is 35.5. The fraction of sp³-hybridized carbons (Fsp3) is 0.143. The molecule has 0 spiro atoms. The Morgan fingerprint density at radius 2 is 1.82 bits per heavy atom. The molecule has 0 radical (unpaired) electrons. The summed E-state index contributed by atoms with van der Waals surface area (Å²) in [6, 6.07) is 14.4. The molecule has 0 amide bonds. The summed E-state index contributed by atoms with van der Waals surface area (Å²) in [7, 11) is 1.86. The minimum absolute atomic E-state index is 0.0238. The number of hydrogen-bond donors (Lipinski definition) is 1. The van der Waals surface area contributed by atoms with E-state index in [1.165, 1.54) is 12.1 Å². The second-order valence-corrected chi connectivity index (χ2v) is 4.21. The topological polar surface area (TPSA) is 12.0 Å². The maximum absolute atomic E-state index is 13.0. The Kier molecular flexibility index (Phi) is 3.77. The van der Waals surface area contributed by atoms with E-state index in [1.807, 2.05) is 37.4 Å². The van der Waals surface area contributed by atoms with Crippen molar-refractivity contribution in [2.75, 3.05) is 7.05 Å². The van der Waals surface area contributed by atoms with Gasteiger partial charge in [0.2, 0.25) is 0 Å². The molecule has 0 saturated heterocycles. The Bertz CT molecular complexity index is 499. The number of halogens is 2. The third-order valence-electron chi connectivity index (χ3n) is 2.70. The van der Waals surface area contributed by atoms with E-state index in [9.17, 15) is 4.39 Å². The van der Waals surface area contributed by atoms with Gasteiger partial charge in [-0.2, -0.15) is 0 Å². The molecule has 88 valence electrons. The zero-order chi connectivity index (χ0) is 12.3. The summed E-state index contributed by atoms with van der Waals surface area (Å²) in [5.74, 6) is -0.318. The van der Waals surface area contributed by atoms with Crippen molar-refractivity contribution < 1.29 is 4.39 Å². The van der Waals surface area contributed by atoms with Gasteiger partial charge in [-0.1, -0.05) is 48.0 Å². The molecule has 0 aliphatic rings. The summed E-state index contributed by atoms with van der Waals surface area (Å²) in [4.78, 5) is 0. The van der Waals surface area contributed by atoms with E-state index in [2.05, 4.69) is 5.32 Å².